The quantitative estimate of drug-likeness (QED) is 0.693. The second kappa shape index (κ2) is 4.70. The van der Waals surface area contributed by atoms with Gasteiger partial charge in [-0.3, -0.25) is 0 Å². The van der Waals surface area contributed by atoms with Gasteiger partial charge in [-0.1, -0.05) is 19.1 Å². The second-order valence-corrected chi connectivity index (χ2v) is 4.26. The van der Waals surface area contributed by atoms with Gasteiger partial charge in [0.2, 0.25) is 0 Å². The first kappa shape index (κ1) is 11.4. The van der Waals surface area contributed by atoms with Crippen LogP contribution in [0.4, 0.5) is 0 Å². The molecule has 0 bridgehead atoms. The molecule has 0 atom stereocenters. The van der Waals surface area contributed by atoms with Crippen molar-refractivity contribution in [3.8, 4) is 5.75 Å². The van der Waals surface area contributed by atoms with Crippen LogP contribution in [0.1, 0.15) is 26.3 Å². The van der Waals surface area contributed by atoms with Gasteiger partial charge < -0.3 is 4.74 Å². The SMILES string of the molecule is CCc1ccc(OC(C)(C)CCl)cc1. The Bertz CT molecular complexity index is 277. The van der Waals surface area contributed by atoms with Crippen molar-refractivity contribution in [1.29, 1.82) is 0 Å². The van der Waals surface area contributed by atoms with Crippen molar-refractivity contribution in [1.82, 2.24) is 0 Å². The predicted molar refractivity (Wildman–Crippen MR) is 61.2 cm³/mol. The van der Waals surface area contributed by atoms with Gasteiger partial charge in [0.1, 0.15) is 11.4 Å². The zero-order valence-corrected chi connectivity index (χ0v) is 9.77. The molecule has 0 amide bonds. The molecule has 0 saturated heterocycles. The third-order valence-electron chi connectivity index (χ3n) is 2.05. The van der Waals surface area contributed by atoms with E-state index in [4.69, 9.17) is 16.3 Å². The molecular weight excluding hydrogens is 196 g/mol. The Morgan fingerprint density at radius 3 is 2.21 bits per heavy atom. The van der Waals surface area contributed by atoms with Crippen LogP contribution >= 0.6 is 11.6 Å². The van der Waals surface area contributed by atoms with E-state index < -0.39 is 0 Å². The lowest BCUT2D eigenvalue weighted by Crippen LogP contribution is -2.30. The highest BCUT2D eigenvalue weighted by atomic mass is 35.5. The molecule has 0 heterocycles. The molecule has 78 valence electrons. The molecule has 0 spiro atoms. The molecule has 2 heteroatoms. The van der Waals surface area contributed by atoms with Crippen LogP contribution in [0.25, 0.3) is 0 Å². The topological polar surface area (TPSA) is 9.23 Å². The fourth-order valence-electron chi connectivity index (χ4n) is 1.14. The molecule has 0 aliphatic carbocycles. The maximum Gasteiger partial charge on any atom is 0.120 e. The summed E-state index contributed by atoms with van der Waals surface area (Å²) in [6.07, 6.45) is 1.05. The lowest BCUT2D eigenvalue weighted by Gasteiger charge is -2.23. The number of aryl methyl sites for hydroxylation is 1. The van der Waals surface area contributed by atoms with E-state index in [9.17, 15) is 0 Å². The smallest absolute Gasteiger partial charge is 0.120 e. The highest BCUT2D eigenvalue weighted by Crippen LogP contribution is 2.19. The summed E-state index contributed by atoms with van der Waals surface area (Å²) < 4.78 is 5.72. The summed E-state index contributed by atoms with van der Waals surface area (Å²) in [4.78, 5) is 0. The number of halogens is 1. The van der Waals surface area contributed by atoms with E-state index in [0.717, 1.165) is 12.2 Å². The summed E-state index contributed by atoms with van der Waals surface area (Å²) in [7, 11) is 0. The normalized spacial score (nSPS) is 11.4. The summed E-state index contributed by atoms with van der Waals surface area (Å²) in [6.45, 7) is 6.10. The highest BCUT2D eigenvalue weighted by molar-refractivity contribution is 6.18. The molecule has 0 saturated carbocycles. The van der Waals surface area contributed by atoms with Crippen molar-refractivity contribution in [2.75, 3.05) is 5.88 Å². The average Bonchev–Trinajstić information content (AvgIpc) is 2.19. The van der Waals surface area contributed by atoms with Crippen LogP contribution in [0.5, 0.6) is 5.75 Å². The first-order valence-electron chi connectivity index (χ1n) is 4.91. The summed E-state index contributed by atoms with van der Waals surface area (Å²) in [5.41, 5.74) is 1.02. The molecule has 1 aromatic rings. The lowest BCUT2D eigenvalue weighted by molar-refractivity contribution is 0.134. The summed E-state index contributed by atoms with van der Waals surface area (Å²) >= 11 is 5.78. The fourth-order valence-corrected chi connectivity index (χ4v) is 1.19. The van der Waals surface area contributed by atoms with E-state index in [1.807, 2.05) is 26.0 Å². The largest absolute Gasteiger partial charge is 0.487 e. The van der Waals surface area contributed by atoms with Gasteiger partial charge in [-0.2, -0.15) is 0 Å². The Labute approximate surface area is 91.0 Å². The van der Waals surface area contributed by atoms with E-state index in [2.05, 4.69) is 19.1 Å². The lowest BCUT2D eigenvalue weighted by atomic mass is 10.1. The van der Waals surface area contributed by atoms with Crippen molar-refractivity contribution >= 4 is 11.6 Å². The van der Waals surface area contributed by atoms with Gasteiger partial charge in [0.05, 0.1) is 5.88 Å². The third-order valence-corrected chi connectivity index (χ3v) is 2.69. The molecule has 0 aromatic heterocycles. The molecule has 1 nitrogen and oxygen atoms in total. The summed E-state index contributed by atoms with van der Waals surface area (Å²) in [5.74, 6) is 1.37. The summed E-state index contributed by atoms with van der Waals surface area (Å²) in [5, 5.41) is 0. The highest BCUT2D eigenvalue weighted by Gasteiger charge is 2.17. The maximum atomic E-state index is 5.78. The molecule has 1 rings (SSSR count). The van der Waals surface area contributed by atoms with E-state index in [-0.39, 0.29) is 5.60 Å². The minimum absolute atomic E-state index is 0.296. The first-order valence-corrected chi connectivity index (χ1v) is 5.45. The van der Waals surface area contributed by atoms with Crippen molar-refractivity contribution in [2.24, 2.45) is 0 Å². The Hall–Kier alpha value is -0.690. The molecule has 1 aromatic carbocycles. The number of hydrogen-bond donors (Lipinski definition) is 0. The molecule has 0 fully saturated rings. The summed E-state index contributed by atoms with van der Waals surface area (Å²) in [6, 6.07) is 8.15. The fraction of sp³-hybridized carbons (Fsp3) is 0.500. The van der Waals surface area contributed by atoms with Gasteiger partial charge in [-0.05, 0) is 38.0 Å². The number of rotatable bonds is 4. The Balaban J connectivity index is 2.69. The van der Waals surface area contributed by atoms with Crippen LogP contribution in [0, 0.1) is 0 Å². The van der Waals surface area contributed by atoms with Gasteiger partial charge in [0.25, 0.3) is 0 Å². The Morgan fingerprint density at radius 2 is 1.79 bits per heavy atom. The molecule has 0 unspecified atom stereocenters. The molecule has 14 heavy (non-hydrogen) atoms. The molecule has 0 N–H and O–H groups in total. The number of benzene rings is 1. The second-order valence-electron chi connectivity index (χ2n) is 3.99. The van der Waals surface area contributed by atoms with Gasteiger partial charge in [-0.25, -0.2) is 0 Å². The van der Waals surface area contributed by atoms with Crippen molar-refractivity contribution in [3.05, 3.63) is 29.8 Å². The van der Waals surface area contributed by atoms with Gasteiger partial charge in [-0.15, -0.1) is 11.6 Å². The van der Waals surface area contributed by atoms with Gasteiger partial charge >= 0.3 is 0 Å². The van der Waals surface area contributed by atoms with E-state index in [1.54, 1.807) is 0 Å². The Kier molecular flexibility index (Phi) is 3.82. The van der Waals surface area contributed by atoms with Crippen molar-refractivity contribution in [2.45, 2.75) is 32.8 Å². The first-order chi connectivity index (χ1) is 6.57. The van der Waals surface area contributed by atoms with Crippen LogP contribution < -0.4 is 4.74 Å². The van der Waals surface area contributed by atoms with E-state index in [1.165, 1.54) is 5.56 Å². The van der Waals surface area contributed by atoms with Gasteiger partial charge in [0.15, 0.2) is 0 Å². The predicted octanol–water partition coefficient (Wildman–Crippen LogP) is 3.65. The zero-order chi connectivity index (χ0) is 10.6. The van der Waals surface area contributed by atoms with Crippen LogP contribution in [0.3, 0.4) is 0 Å². The maximum absolute atomic E-state index is 5.78. The van der Waals surface area contributed by atoms with E-state index >= 15 is 0 Å². The van der Waals surface area contributed by atoms with Gasteiger partial charge in [0, 0.05) is 0 Å². The standard InChI is InChI=1S/C12H17ClO/c1-4-10-5-7-11(8-6-10)14-12(2,3)9-13/h5-8H,4,9H2,1-3H3. The zero-order valence-electron chi connectivity index (χ0n) is 9.01. The van der Waals surface area contributed by atoms with Crippen LogP contribution in [-0.2, 0) is 6.42 Å². The van der Waals surface area contributed by atoms with Crippen LogP contribution in [-0.4, -0.2) is 11.5 Å². The monoisotopic (exact) mass is 212 g/mol. The molecular formula is C12H17ClO. The Morgan fingerprint density at radius 1 is 1.21 bits per heavy atom. The van der Waals surface area contributed by atoms with E-state index in [0.29, 0.717) is 5.88 Å². The molecule has 0 aliphatic rings. The number of alkyl halides is 1. The minimum atomic E-state index is -0.296. The van der Waals surface area contributed by atoms with Crippen molar-refractivity contribution < 1.29 is 4.74 Å². The van der Waals surface area contributed by atoms with Crippen LogP contribution in [0.15, 0.2) is 24.3 Å². The molecule has 0 aliphatic heterocycles. The average molecular weight is 213 g/mol. The molecule has 0 radical (unpaired) electrons. The minimum Gasteiger partial charge on any atom is -0.487 e. The number of ether oxygens (including phenoxy) is 1. The van der Waals surface area contributed by atoms with Crippen LogP contribution in [0.2, 0.25) is 0 Å². The van der Waals surface area contributed by atoms with Crippen molar-refractivity contribution in [3.63, 3.8) is 0 Å². The number of hydrogen-bond acceptors (Lipinski definition) is 1. The third kappa shape index (κ3) is 3.22.